The largest absolute Gasteiger partial charge is 0.363 e. The van der Waals surface area contributed by atoms with E-state index in [4.69, 9.17) is 0 Å². The molecule has 1 fully saturated rings. The number of nitrogens with zero attached hydrogens (tertiary/aromatic N) is 5. The van der Waals surface area contributed by atoms with Crippen molar-refractivity contribution in [2.75, 3.05) is 43.5 Å². The first-order chi connectivity index (χ1) is 12.6. The van der Waals surface area contributed by atoms with Gasteiger partial charge in [0, 0.05) is 57.3 Å². The first kappa shape index (κ1) is 17.3. The number of rotatable bonds is 3. The van der Waals surface area contributed by atoms with E-state index in [0.29, 0.717) is 5.91 Å². The molecule has 2 aromatic rings. The second-order valence-electron chi connectivity index (χ2n) is 7.25. The number of anilines is 2. The average molecular weight is 372 g/mol. The van der Waals surface area contributed by atoms with E-state index in [1.165, 1.54) is 10.4 Å². The fourth-order valence-electron chi connectivity index (χ4n) is 3.76. The zero-order valence-electron chi connectivity index (χ0n) is 15.4. The third-order valence-electron chi connectivity index (χ3n) is 5.33. The zero-order valence-corrected chi connectivity index (χ0v) is 16.2. The normalized spacial score (nSPS) is 17.9. The SMILES string of the molecule is CN(C)c1ccnc(N2CCC(C(=O)N3CCc4sccc4C3)CC2)n1. The minimum atomic E-state index is 0.128. The van der Waals surface area contributed by atoms with Gasteiger partial charge in [-0.2, -0.15) is 4.98 Å². The molecule has 0 spiro atoms. The Morgan fingerprint density at radius 2 is 2.04 bits per heavy atom. The second-order valence-corrected chi connectivity index (χ2v) is 8.25. The van der Waals surface area contributed by atoms with Gasteiger partial charge in [0.05, 0.1) is 0 Å². The number of amides is 1. The van der Waals surface area contributed by atoms with Crippen molar-refractivity contribution in [2.24, 2.45) is 5.92 Å². The van der Waals surface area contributed by atoms with Gasteiger partial charge in [-0.25, -0.2) is 4.98 Å². The molecule has 1 saturated heterocycles. The third kappa shape index (κ3) is 3.40. The van der Waals surface area contributed by atoms with Gasteiger partial charge in [-0.15, -0.1) is 11.3 Å². The van der Waals surface area contributed by atoms with Crippen LogP contribution in [0.2, 0.25) is 0 Å². The Hall–Kier alpha value is -2.15. The van der Waals surface area contributed by atoms with Crippen LogP contribution in [-0.4, -0.2) is 54.5 Å². The van der Waals surface area contributed by atoms with Crippen molar-refractivity contribution >= 4 is 29.0 Å². The van der Waals surface area contributed by atoms with Crippen molar-refractivity contribution in [1.29, 1.82) is 0 Å². The highest BCUT2D eigenvalue weighted by molar-refractivity contribution is 7.10. The summed E-state index contributed by atoms with van der Waals surface area (Å²) in [6.07, 6.45) is 4.56. The monoisotopic (exact) mass is 371 g/mol. The van der Waals surface area contributed by atoms with Crippen LogP contribution >= 0.6 is 11.3 Å². The van der Waals surface area contributed by atoms with Gasteiger partial charge in [0.25, 0.3) is 0 Å². The molecular weight excluding hydrogens is 346 g/mol. The lowest BCUT2D eigenvalue weighted by Gasteiger charge is -2.35. The third-order valence-corrected chi connectivity index (χ3v) is 6.36. The van der Waals surface area contributed by atoms with Crippen molar-refractivity contribution in [2.45, 2.75) is 25.8 Å². The molecule has 2 aliphatic heterocycles. The van der Waals surface area contributed by atoms with E-state index in [1.807, 2.05) is 36.4 Å². The van der Waals surface area contributed by atoms with Crippen molar-refractivity contribution in [3.8, 4) is 0 Å². The van der Waals surface area contributed by atoms with Gasteiger partial charge in [0.2, 0.25) is 11.9 Å². The van der Waals surface area contributed by atoms with Gasteiger partial charge in [-0.1, -0.05) is 0 Å². The molecule has 0 saturated carbocycles. The molecule has 0 aliphatic carbocycles. The van der Waals surface area contributed by atoms with Crippen LogP contribution < -0.4 is 9.80 Å². The lowest BCUT2D eigenvalue weighted by molar-refractivity contribution is -0.137. The Bertz CT molecular complexity index is 782. The number of thiophene rings is 1. The summed E-state index contributed by atoms with van der Waals surface area (Å²) >= 11 is 1.81. The van der Waals surface area contributed by atoms with E-state index in [9.17, 15) is 4.79 Å². The maximum absolute atomic E-state index is 12.9. The van der Waals surface area contributed by atoms with Gasteiger partial charge >= 0.3 is 0 Å². The zero-order chi connectivity index (χ0) is 18.1. The number of hydrogen-bond acceptors (Lipinski definition) is 6. The molecule has 26 heavy (non-hydrogen) atoms. The van der Waals surface area contributed by atoms with Gasteiger partial charge < -0.3 is 14.7 Å². The summed E-state index contributed by atoms with van der Waals surface area (Å²) in [4.78, 5) is 29.7. The van der Waals surface area contributed by atoms with Crippen LogP contribution in [0.5, 0.6) is 0 Å². The molecule has 0 N–H and O–H groups in total. The molecule has 2 aliphatic rings. The summed E-state index contributed by atoms with van der Waals surface area (Å²) in [6.45, 7) is 3.32. The van der Waals surface area contributed by atoms with Crippen molar-refractivity contribution in [3.05, 3.63) is 34.2 Å². The summed E-state index contributed by atoms with van der Waals surface area (Å²) in [5, 5.41) is 2.14. The maximum atomic E-state index is 12.9. The van der Waals surface area contributed by atoms with Crippen LogP contribution in [0.3, 0.4) is 0 Å². The van der Waals surface area contributed by atoms with E-state index < -0.39 is 0 Å². The van der Waals surface area contributed by atoms with Crippen molar-refractivity contribution in [3.63, 3.8) is 0 Å². The van der Waals surface area contributed by atoms with Gasteiger partial charge in [0.1, 0.15) is 5.82 Å². The summed E-state index contributed by atoms with van der Waals surface area (Å²) in [6, 6.07) is 4.08. The van der Waals surface area contributed by atoms with Crippen molar-refractivity contribution < 1.29 is 4.79 Å². The molecule has 138 valence electrons. The van der Waals surface area contributed by atoms with Crippen molar-refractivity contribution in [1.82, 2.24) is 14.9 Å². The number of aromatic nitrogens is 2. The fraction of sp³-hybridized carbons (Fsp3) is 0.526. The van der Waals surface area contributed by atoms with Crippen LogP contribution in [0.1, 0.15) is 23.3 Å². The number of hydrogen-bond donors (Lipinski definition) is 0. The second kappa shape index (κ2) is 7.23. The van der Waals surface area contributed by atoms with Crippen LogP contribution in [0.25, 0.3) is 0 Å². The summed E-state index contributed by atoms with van der Waals surface area (Å²) in [7, 11) is 3.96. The highest BCUT2D eigenvalue weighted by Gasteiger charge is 2.31. The molecular formula is C19H25N5OS. The first-order valence-corrected chi connectivity index (χ1v) is 10.1. The number of carbonyl (C=O) groups excluding carboxylic acids is 1. The highest BCUT2D eigenvalue weighted by Crippen LogP contribution is 2.28. The quantitative estimate of drug-likeness (QED) is 0.829. The van der Waals surface area contributed by atoms with E-state index in [2.05, 4.69) is 31.2 Å². The fourth-order valence-corrected chi connectivity index (χ4v) is 4.65. The van der Waals surface area contributed by atoms with E-state index in [1.54, 1.807) is 6.20 Å². The molecule has 1 amide bonds. The predicted molar refractivity (Wildman–Crippen MR) is 105 cm³/mol. The van der Waals surface area contributed by atoms with E-state index in [-0.39, 0.29) is 5.92 Å². The molecule has 0 bridgehead atoms. The Kier molecular flexibility index (Phi) is 4.80. The molecule has 0 radical (unpaired) electrons. The van der Waals surface area contributed by atoms with Crippen LogP contribution in [0.4, 0.5) is 11.8 Å². The Morgan fingerprint density at radius 1 is 1.23 bits per heavy atom. The van der Waals surface area contributed by atoms with E-state index >= 15 is 0 Å². The average Bonchev–Trinajstić information content (AvgIpc) is 3.15. The molecule has 0 aromatic carbocycles. The molecule has 0 atom stereocenters. The van der Waals surface area contributed by atoms with Gasteiger partial charge in [-0.3, -0.25) is 4.79 Å². The minimum Gasteiger partial charge on any atom is -0.363 e. The molecule has 6 nitrogen and oxygen atoms in total. The molecule has 4 rings (SSSR count). The summed E-state index contributed by atoms with van der Waals surface area (Å²) < 4.78 is 0. The van der Waals surface area contributed by atoms with E-state index in [0.717, 1.165) is 57.2 Å². The summed E-state index contributed by atoms with van der Waals surface area (Å²) in [5.74, 6) is 2.13. The molecule has 4 heterocycles. The maximum Gasteiger partial charge on any atom is 0.227 e. The Morgan fingerprint density at radius 3 is 2.81 bits per heavy atom. The Balaban J connectivity index is 1.36. The Labute approximate surface area is 158 Å². The highest BCUT2D eigenvalue weighted by atomic mass is 32.1. The lowest BCUT2D eigenvalue weighted by atomic mass is 9.94. The standard InChI is InChI=1S/C19H25N5OS/c1-22(2)17-3-8-20-19(21-17)23-9-4-14(5-10-23)18(25)24-11-6-16-15(13-24)7-12-26-16/h3,7-8,12,14H,4-6,9-11,13H2,1-2H3. The topological polar surface area (TPSA) is 52.6 Å². The first-order valence-electron chi connectivity index (χ1n) is 9.21. The predicted octanol–water partition coefficient (Wildman–Crippen LogP) is 2.41. The number of piperidine rings is 1. The summed E-state index contributed by atoms with van der Waals surface area (Å²) in [5.41, 5.74) is 1.33. The van der Waals surface area contributed by atoms with Crippen LogP contribution in [0, 0.1) is 5.92 Å². The minimum absolute atomic E-state index is 0.128. The van der Waals surface area contributed by atoms with Crippen LogP contribution in [-0.2, 0) is 17.8 Å². The number of fused-ring (bicyclic) bond motifs is 1. The van der Waals surface area contributed by atoms with Gasteiger partial charge in [0.15, 0.2) is 0 Å². The number of carbonyl (C=O) groups is 1. The molecule has 0 unspecified atom stereocenters. The smallest absolute Gasteiger partial charge is 0.227 e. The van der Waals surface area contributed by atoms with Crippen LogP contribution in [0.15, 0.2) is 23.7 Å². The van der Waals surface area contributed by atoms with Gasteiger partial charge in [-0.05, 0) is 42.3 Å². The molecule has 7 heteroatoms. The lowest BCUT2D eigenvalue weighted by Crippen LogP contribution is -2.44. The molecule has 2 aromatic heterocycles.